The summed E-state index contributed by atoms with van der Waals surface area (Å²) in [5.74, 6) is 0.426. The van der Waals surface area contributed by atoms with E-state index < -0.39 is 0 Å². The van der Waals surface area contributed by atoms with Gasteiger partial charge in [0.15, 0.2) is 0 Å². The Bertz CT molecular complexity index is 538. The van der Waals surface area contributed by atoms with Gasteiger partial charge in [0.2, 0.25) is 0 Å². The third-order valence-electron chi connectivity index (χ3n) is 3.09. The number of nitrogens with one attached hydrogen (secondary N) is 1. The maximum absolute atomic E-state index is 6.11. The summed E-state index contributed by atoms with van der Waals surface area (Å²) in [7, 11) is 0. The van der Waals surface area contributed by atoms with Crippen LogP contribution in [0.5, 0.6) is 0 Å². The van der Waals surface area contributed by atoms with E-state index in [1.807, 2.05) is 0 Å². The minimum absolute atomic E-state index is 0. The molecule has 1 unspecified atom stereocenters. The number of hydrogen-bond acceptors (Lipinski definition) is 2. The first-order chi connectivity index (χ1) is 8.24. The van der Waals surface area contributed by atoms with Crippen molar-refractivity contribution >= 4 is 51.3 Å². The Hall–Kier alpha value is -0.0600. The second kappa shape index (κ2) is 5.93. The van der Waals surface area contributed by atoms with Gasteiger partial charge in [0.05, 0.1) is 4.34 Å². The Labute approximate surface area is 130 Å². The highest BCUT2D eigenvalue weighted by Gasteiger charge is 2.23. The molecule has 3 rings (SSSR count). The van der Waals surface area contributed by atoms with Crippen LogP contribution in [0.1, 0.15) is 21.9 Å². The predicted molar refractivity (Wildman–Crippen MR) is 84.3 cm³/mol. The summed E-state index contributed by atoms with van der Waals surface area (Å²) in [6, 6.07) is 10.7. The molecule has 1 aliphatic heterocycles. The largest absolute Gasteiger partial charge is 0.311 e. The van der Waals surface area contributed by atoms with Gasteiger partial charge < -0.3 is 5.32 Å². The number of benzene rings is 1. The van der Waals surface area contributed by atoms with Crippen LogP contribution >= 0.6 is 51.3 Å². The standard InChI is InChI=1S/C13H11BrClNS.ClH/c14-9-3-1-8(2-4-9)11-6-16-7-12-10(11)5-13(15)17-12;/h1-5,11,16H,6-7H2;1H. The van der Waals surface area contributed by atoms with Crippen molar-refractivity contribution < 1.29 is 0 Å². The van der Waals surface area contributed by atoms with Crippen molar-refractivity contribution in [2.45, 2.75) is 12.5 Å². The minimum atomic E-state index is 0. The average Bonchev–Trinajstić information content (AvgIpc) is 2.70. The smallest absolute Gasteiger partial charge is 0.0934 e. The maximum Gasteiger partial charge on any atom is 0.0934 e. The van der Waals surface area contributed by atoms with E-state index in [1.54, 1.807) is 11.3 Å². The van der Waals surface area contributed by atoms with Crippen LogP contribution in [0.25, 0.3) is 0 Å². The Morgan fingerprint density at radius 3 is 2.72 bits per heavy atom. The summed E-state index contributed by atoms with van der Waals surface area (Å²) < 4.78 is 2.01. The first-order valence-electron chi connectivity index (χ1n) is 5.48. The van der Waals surface area contributed by atoms with E-state index in [-0.39, 0.29) is 12.4 Å². The zero-order valence-corrected chi connectivity index (χ0v) is 13.4. The molecule has 0 amide bonds. The highest BCUT2D eigenvalue weighted by Crippen LogP contribution is 2.37. The molecule has 0 radical (unpaired) electrons. The van der Waals surface area contributed by atoms with E-state index in [2.05, 4.69) is 51.6 Å². The molecule has 0 bridgehead atoms. The summed E-state index contributed by atoms with van der Waals surface area (Å²) in [4.78, 5) is 1.37. The average molecular weight is 365 g/mol. The molecule has 0 saturated carbocycles. The number of hydrogen-bond donors (Lipinski definition) is 1. The van der Waals surface area contributed by atoms with Gasteiger partial charge >= 0.3 is 0 Å². The fourth-order valence-electron chi connectivity index (χ4n) is 2.27. The molecular weight excluding hydrogens is 353 g/mol. The summed E-state index contributed by atoms with van der Waals surface area (Å²) >= 11 is 11.3. The zero-order chi connectivity index (χ0) is 11.8. The molecule has 1 nitrogen and oxygen atoms in total. The molecule has 1 atom stereocenters. The molecule has 0 spiro atoms. The Balaban J connectivity index is 0.00000120. The second-order valence-corrected chi connectivity index (χ2v) is 6.85. The van der Waals surface area contributed by atoms with E-state index in [0.29, 0.717) is 5.92 Å². The lowest BCUT2D eigenvalue weighted by molar-refractivity contribution is 0.600. The predicted octanol–water partition coefficient (Wildman–Crippen LogP) is 4.82. The maximum atomic E-state index is 6.11. The summed E-state index contributed by atoms with van der Waals surface area (Å²) in [6.45, 7) is 1.93. The van der Waals surface area contributed by atoms with E-state index in [9.17, 15) is 0 Å². The number of rotatable bonds is 1. The monoisotopic (exact) mass is 363 g/mol. The molecule has 5 heteroatoms. The molecule has 2 aromatic rings. The molecule has 96 valence electrons. The fourth-order valence-corrected chi connectivity index (χ4v) is 3.85. The van der Waals surface area contributed by atoms with E-state index >= 15 is 0 Å². The molecule has 0 saturated heterocycles. The Morgan fingerprint density at radius 2 is 2.00 bits per heavy atom. The van der Waals surface area contributed by atoms with Crippen LogP contribution in [0.4, 0.5) is 0 Å². The number of halogens is 3. The lowest BCUT2D eigenvalue weighted by Gasteiger charge is -2.23. The molecule has 1 aromatic heterocycles. The highest BCUT2D eigenvalue weighted by atomic mass is 79.9. The topological polar surface area (TPSA) is 12.0 Å². The lowest BCUT2D eigenvalue weighted by Crippen LogP contribution is -2.27. The van der Waals surface area contributed by atoms with E-state index in [1.165, 1.54) is 16.0 Å². The van der Waals surface area contributed by atoms with Gasteiger partial charge in [0.25, 0.3) is 0 Å². The Morgan fingerprint density at radius 1 is 1.28 bits per heavy atom. The number of fused-ring (bicyclic) bond motifs is 1. The SMILES string of the molecule is Cl.Clc1cc2c(s1)CNCC2c1ccc(Br)cc1. The quantitative estimate of drug-likeness (QED) is 0.764. The van der Waals surface area contributed by atoms with Gasteiger partial charge in [-0.25, -0.2) is 0 Å². The van der Waals surface area contributed by atoms with Gasteiger partial charge in [-0.05, 0) is 29.3 Å². The molecule has 1 aromatic carbocycles. The van der Waals surface area contributed by atoms with Crippen LogP contribution in [0.2, 0.25) is 4.34 Å². The van der Waals surface area contributed by atoms with Crippen LogP contribution in [-0.4, -0.2) is 6.54 Å². The lowest BCUT2D eigenvalue weighted by atomic mass is 9.89. The number of thiophene rings is 1. The van der Waals surface area contributed by atoms with Gasteiger partial charge in [-0.2, -0.15) is 0 Å². The normalized spacial score (nSPS) is 18.0. The minimum Gasteiger partial charge on any atom is -0.311 e. The van der Waals surface area contributed by atoms with Crippen LogP contribution in [0.15, 0.2) is 34.8 Å². The Kier molecular flexibility index (Phi) is 4.73. The van der Waals surface area contributed by atoms with E-state index in [4.69, 9.17) is 11.6 Å². The van der Waals surface area contributed by atoms with Crippen molar-refractivity contribution in [1.82, 2.24) is 5.32 Å². The van der Waals surface area contributed by atoms with E-state index in [0.717, 1.165) is 21.9 Å². The molecule has 18 heavy (non-hydrogen) atoms. The van der Waals surface area contributed by atoms with Crippen molar-refractivity contribution in [2.75, 3.05) is 6.54 Å². The first-order valence-corrected chi connectivity index (χ1v) is 7.47. The third kappa shape index (κ3) is 2.75. The van der Waals surface area contributed by atoms with Crippen molar-refractivity contribution in [3.05, 3.63) is 55.1 Å². The van der Waals surface area contributed by atoms with Gasteiger partial charge in [0, 0.05) is 28.4 Å². The molecule has 1 N–H and O–H groups in total. The summed E-state index contributed by atoms with van der Waals surface area (Å²) in [5.41, 5.74) is 2.73. The first kappa shape index (κ1) is 14.4. The van der Waals surface area contributed by atoms with Gasteiger partial charge in [-0.3, -0.25) is 0 Å². The van der Waals surface area contributed by atoms with Crippen molar-refractivity contribution in [3.63, 3.8) is 0 Å². The van der Waals surface area contributed by atoms with Gasteiger partial charge in [-0.1, -0.05) is 39.7 Å². The van der Waals surface area contributed by atoms with Crippen LogP contribution in [0.3, 0.4) is 0 Å². The molecule has 1 aliphatic rings. The molecule has 0 fully saturated rings. The fraction of sp³-hybridized carbons (Fsp3) is 0.231. The van der Waals surface area contributed by atoms with Crippen LogP contribution in [-0.2, 0) is 6.54 Å². The summed E-state index contributed by atoms with van der Waals surface area (Å²) in [5, 5.41) is 3.46. The van der Waals surface area contributed by atoms with Gasteiger partial charge in [0.1, 0.15) is 0 Å². The highest BCUT2D eigenvalue weighted by molar-refractivity contribution is 9.10. The summed E-state index contributed by atoms with van der Waals surface area (Å²) in [6.07, 6.45) is 0. The van der Waals surface area contributed by atoms with Crippen molar-refractivity contribution in [2.24, 2.45) is 0 Å². The molecule has 0 aliphatic carbocycles. The molecular formula is C13H12BrCl2NS. The third-order valence-corrected chi connectivity index (χ3v) is 4.90. The van der Waals surface area contributed by atoms with Crippen LogP contribution < -0.4 is 5.32 Å². The zero-order valence-electron chi connectivity index (χ0n) is 9.45. The van der Waals surface area contributed by atoms with Crippen molar-refractivity contribution in [3.8, 4) is 0 Å². The molecule has 2 heterocycles. The van der Waals surface area contributed by atoms with Crippen LogP contribution in [0, 0.1) is 0 Å². The van der Waals surface area contributed by atoms with Gasteiger partial charge in [-0.15, -0.1) is 23.7 Å². The second-order valence-electron chi connectivity index (χ2n) is 4.16. The van der Waals surface area contributed by atoms with Crippen molar-refractivity contribution in [1.29, 1.82) is 0 Å².